The van der Waals surface area contributed by atoms with Gasteiger partial charge in [-0.15, -0.1) is 0 Å². The van der Waals surface area contributed by atoms with E-state index in [0.717, 1.165) is 0 Å². The van der Waals surface area contributed by atoms with Gasteiger partial charge in [0.2, 0.25) is 5.91 Å². The number of rotatable bonds is 6. The van der Waals surface area contributed by atoms with Crippen molar-refractivity contribution in [1.29, 1.82) is 0 Å². The van der Waals surface area contributed by atoms with E-state index in [1.807, 2.05) is 0 Å². The lowest BCUT2D eigenvalue weighted by molar-refractivity contribution is 0.0938. The van der Waals surface area contributed by atoms with E-state index in [-0.39, 0.29) is 17.0 Å². The molecule has 3 aromatic rings. The Labute approximate surface area is 172 Å². The molecule has 0 aliphatic rings. The maximum atomic E-state index is 13.3. The molecule has 3 N–H and O–H groups in total. The van der Waals surface area contributed by atoms with Crippen molar-refractivity contribution in [3.05, 3.63) is 94.3 Å². The molecule has 2 amide bonds. The van der Waals surface area contributed by atoms with E-state index < -0.39 is 11.7 Å². The average molecular weight is 413 g/mol. The fraction of sp³-hybridized carbons (Fsp3) is 0.0909. The average Bonchev–Trinajstić information content (AvgIpc) is 2.71. The topological polar surface area (TPSA) is 81.4 Å². The summed E-state index contributed by atoms with van der Waals surface area (Å²) in [5.74, 6) is -0.228. The number of primary amides is 1. The molecule has 0 aliphatic carbocycles. The third-order valence-corrected chi connectivity index (χ3v) is 4.57. The molecular weight excluding hydrogens is 395 g/mol. The van der Waals surface area contributed by atoms with Gasteiger partial charge in [-0.2, -0.15) is 0 Å². The molecule has 148 valence electrons. The van der Waals surface area contributed by atoms with Crippen molar-refractivity contribution in [2.24, 2.45) is 5.73 Å². The molecule has 7 heteroatoms. The van der Waals surface area contributed by atoms with E-state index in [1.54, 1.807) is 61.5 Å². The number of amides is 2. The number of ether oxygens (including phenoxy) is 1. The summed E-state index contributed by atoms with van der Waals surface area (Å²) in [6, 6.07) is 17.0. The molecular formula is C22H18ClFN2O3. The maximum Gasteiger partial charge on any atom is 0.251 e. The Balaban J connectivity index is 1.63. The van der Waals surface area contributed by atoms with Gasteiger partial charge < -0.3 is 15.8 Å². The number of nitrogens with two attached hydrogens (primary N) is 1. The zero-order chi connectivity index (χ0) is 21.0. The molecule has 0 fully saturated rings. The highest BCUT2D eigenvalue weighted by atomic mass is 35.5. The minimum atomic E-state index is -0.510. The molecule has 0 saturated carbocycles. The van der Waals surface area contributed by atoms with Crippen LogP contribution >= 0.6 is 11.6 Å². The Morgan fingerprint density at radius 2 is 1.52 bits per heavy atom. The number of carbonyl (C=O) groups excluding carboxylic acids is 2. The Hall–Kier alpha value is -3.38. The Bertz CT molecular complexity index is 1040. The number of nitrogens with one attached hydrogen (secondary N) is 1. The molecule has 1 unspecified atom stereocenters. The fourth-order valence-electron chi connectivity index (χ4n) is 2.64. The number of hydrogen-bond acceptors (Lipinski definition) is 3. The van der Waals surface area contributed by atoms with Crippen molar-refractivity contribution < 1.29 is 18.7 Å². The normalized spacial score (nSPS) is 11.6. The predicted octanol–water partition coefficient (Wildman–Crippen LogP) is 4.86. The first kappa shape index (κ1) is 20.4. The summed E-state index contributed by atoms with van der Waals surface area (Å²) in [5, 5.41) is 2.85. The zero-order valence-corrected chi connectivity index (χ0v) is 16.2. The lowest BCUT2D eigenvalue weighted by Crippen LogP contribution is -2.26. The lowest BCUT2D eigenvalue weighted by atomic mass is 10.1. The summed E-state index contributed by atoms with van der Waals surface area (Å²) in [4.78, 5) is 23.5. The van der Waals surface area contributed by atoms with Gasteiger partial charge in [0.25, 0.3) is 5.91 Å². The molecule has 0 aromatic heterocycles. The van der Waals surface area contributed by atoms with Crippen LogP contribution in [0.15, 0.2) is 66.7 Å². The Morgan fingerprint density at radius 3 is 2.03 bits per heavy atom. The van der Waals surface area contributed by atoms with Crippen LogP contribution in [-0.2, 0) is 0 Å². The van der Waals surface area contributed by atoms with Gasteiger partial charge in [0, 0.05) is 11.1 Å². The molecule has 0 aliphatic heterocycles. The fourth-order valence-corrected chi connectivity index (χ4v) is 2.83. The van der Waals surface area contributed by atoms with Gasteiger partial charge in [-0.1, -0.05) is 17.7 Å². The van der Waals surface area contributed by atoms with E-state index in [0.29, 0.717) is 28.2 Å². The molecule has 0 bridgehead atoms. The third kappa shape index (κ3) is 5.12. The second-order valence-corrected chi connectivity index (χ2v) is 6.79. The van der Waals surface area contributed by atoms with Gasteiger partial charge in [-0.25, -0.2) is 4.39 Å². The summed E-state index contributed by atoms with van der Waals surface area (Å²) >= 11 is 5.79. The second-order valence-electron chi connectivity index (χ2n) is 6.38. The van der Waals surface area contributed by atoms with Crippen molar-refractivity contribution in [3.8, 4) is 11.5 Å². The summed E-state index contributed by atoms with van der Waals surface area (Å²) < 4.78 is 19.0. The summed E-state index contributed by atoms with van der Waals surface area (Å²) in [6.07, 6.45) is 0. The van der Waals surface area contributed by atoms with E-state index >= 15 is 0 Å². The second kappa shape index (κ2) is 8.75. The van der Waals surface area contributed by atoms with Crippen LogP contribution in [0.3, 0.4) is 0 Å². The van der Waals surface area contributed by atoms with Gasteiger partial charge in [-0.05, 0) is 73.2 Å². The van der Waals surface area contributed by atoms with E-state index in [4.69, 9.17) is 22.1 Å². The van der Waals surface area contributed by atoms with Crippen molar-refractivity contribution in [2.45, 2.75) is 13.0 Å². The zero-order valence-electron chi connectivity index (χ0n) is 15.5. The highest BCUT2D eigenvalue weighted by Crippen LogP contribution is 2.23. The largest absolute Gasteiger partial charge is 0.457 e. The number of hydrogen-bond donors (Lipinski definition) is 2. The van der Waals surface area contributed by atoms with Crippen molar-refractivity contribution in [1.82, 2.24) is 5.32 Å². The standard InChI is InChI=1S/C22H18ClFN2O3/c1-13(16-6-11-20(24)19(23)12-16)26-22(28)15-4-9-18(10-5-15)29-17-7-2-14(3-8-17)21(25)27/h2-13H,1H3,(H2,25,27)(H,26,28). The summed E-state index contributed by atoms with van der Waals surface area (Å²) in [5.41, 5.74) is 6.74. The van der Waals surface area contributed by atoms with Crippen LogP contribution in [0.4, 0.5) is 4.39 Å². The summed E-state index contributed by atoms with van der Waals surface area (Å²) in [7, 11) is 0. The summed E-state index contributed by atoms with van der Waals surface area (Å²) in [6.45, 7) is 1.79. The Kier molecular flexibility index (Phi) is 6.14. The number of benzene rings is 3. The van der Waals surface area contributed by atoms with Gasteiger partial charge in [0.05, 0.1) is 11.1 Å². The minimum absolute atomic E-state index is 0.00830. The van der Waals surface area contributed by atoms with Crippen LogP contribution in [0, 0.1) is 5.82 Å². The number of halogens is 2. The molecule has 1 atom stereocenters. The maximum absolute atomic E-state index is 13.3. The number of carbonyl (C=O) groups is 2. The van der Waals surface area contributed by atoms with E-state index in [1.165, 1.54) is 12.1 Å². The molecule has 0 radical (unpaired) electrons. The molecule has 0 heterocycles. The molecule has 0 spiro atoms. The van der Waals surface area contributed by atoms with Crippen molar-refractivity contribution in [2.75, 3.05) is 0 Å². The molecule has 3 aromatic carbocycles. The van der Waals surface area contributed by atoms with Crippen molar-refractivity contribution >= 4 is 23.4 Å². The minimum Gasteiger partial charge on any atom is -0.457 e. The highest BCUT2D eigenvalue weighted by Gasteiger charge is 2.13. The van der Waals surface area contributed by atoms with Crippen LogP contribution in [0.2, 0.25) is 5.02 Å². The monoisotopic (exact) mass is 412 g/mol. The van der Waals surface area contributed by atoms with E-state index in [2.05, 4.69) is 5.32 Å². The van der Waals surface area contributed by atoms with Crippen LogP contribution in [-0.4, -0.2) is 11.8 Å². The molecule has 29 heavy (non-hydrogen) atoms. The van der Waals surface area contributed by atoms with Gasteiger partial charge >= 0.3 is 0 Å². The van der Waals surface area contributed by atoms with Gasteiger partial charge in [0.15, 0.2) is 0 Å². The smallest absolute Gasteiger partial charge is 0.251 e. The van der Waals surface area contributed by atoms with Crippen LogP contribution in [0.1, 0.15) is 39.2 Å². The van der Waals surface area contributed by atoms with Crippen LogP contribution < -0.4 is 15.8 Å². The third-order valence-electron chi connectivity index (χ3n) is 4.28. The van der Waals surface area contributed by atoms with Gasteiger partial charge in [-0.3, -0.25) is 9.59 Å². The molecule has 5 nitrogen and oxygen atoms in total. The van der Waals surface area contributed by atoms with E-state index in [9.17, 15) is 14.0 Å². The van der Waals surface area contributed by atoms with Crippen LogP contribution in [0.25, 0.3) is 0 Å². The van der Waals surface area contributed by atoms with Crippen molar-refractivity contribution in [3.63, 3.8) is 0 Å². The lowest BCUT2D eigenvalue weighted by Gasteiger charge is -2.15. The quantitative estimate of drug-likeness (QED) is 0.606. The first-order chi connectivity index (χ1) is 13.8. The molecule has 0 saturated heterocycles. The SMILES string of the molecule is CC(NC(=O)c1ccc(Oc2ccc(C(N)=O)cc2)cc1)c1ccc(F)c(Cl)c1. The van der Waals surface area contributed by atoms with Crippen LogP contribution in [0.5, 0.6) is 11.5 Å². The first-order valence-electron chi connectivity index (χ1n) is 8.77. The molecule has 3 rings (SSSR count). The first-order valence-corrected chi connectivity index (χ1v) is 9.15. The predicted molar refractivity (Wildman–Crippen MR) is 109 cm³/mol. The highest BCUT2D eigenvalue weighted by molar-refractivity contribution is 6.30. The van der Waals surface area contributed by atoms with Gasteiger partial charge in [0.1, 0.15) is 17.3 Å². The Morgan fingerprint density at radius 1 is 0.966 bits per heavy atom.